The second-order valence-electron chi connectivity index (χ2n) is 6.25. The van der Waals surface area contributed by atoms with Crippen molar-refractivity contribution in [1.29, 1.82) is 0 Å². The number of nitrogens with zero attached hydrogens (tertiary/aromatic N) is 3. The quantitative estimate of drug-likeness (QED) is 0.473. The number of methoxy groups -OCH3 is 2. The maximum atomic E-state index is 5.40. The number of hydrogen-bond donors (Lipinski definition) is 1. The van der Waals surface area contributed by atoms with Gasteiger partial charge >= 0.3 is 0 Å². The molecule has 0 bridgehead atoms. The molecule has 0 fully saturated rings. The molecule has 0 saturated heterocycles. The molecule has 0 spiro atoms. The zero-order valence-corrected chi connectivity index (χ0v) is 16.1. The lowest BCUT2D eigenvalue weighted by atomic mass is 10.2. The van der Waals surface area contributed by atoms with Gasteiger partial charge in [-0.05, 0) is 42.5 Å². The SMILES string of the molecule is COc1ccc(-c2nc3ccc(-c4nc5ccncc5s4)cc3[nH]2)cc1OC. The molecule has 0 atom stereocenters. The van der Waals surface area contributed by atoms with Crippen LogP contribution >= 0.6 is 11.3 Å². The molecule has 0 unspecified atom stereocenters. The van der Waals surface area contributed by atoms with E-state index in [2.05, 4.69) is 16.0 Å². The third-order valence-electron chi connectivity index (χ3n) is 4.58. The van der Waals surface area contributed by atoms with Crippen LogP contribution in [0.25, 0.3) is 43.2 Å². The predicted octanol–water partition coefficient (Wildman–Crippen LogP) is 4.92. The van der Waals surface area contributed by atoms with E-state index in [1.807, 2.05) is 42.6 Å². The van der Waals surface area contributed by atoms with Gasteiger partial charge in [-0.1, -0.05) is 0 Å². The van der Waals surface area contributed by atoms with E-state index in [1.165, 1.54) is 0 Å². The molecule has 1 N–H and O–H groups in total. The Balaban J connectivity index is 1.57. The van der Waals surface area contributed by atoms with Crippen molar-refractivity contribution in [2.45, 2.75) is 0 Å². The number of H-pyrrole nitrogens is 1. The van der Waals surface area contributed by atoms with Crippen LogP contribution in [0.15, 0.2) is 54.9 Å². The summed E-state index contributed by atoms with van der Waals surface area (Å²) in [7, 11) is 3.25. The molecule has 6 nitrogen and oxygen atoms in total. The van der Waals surface area contributed by atoms with Crippen molar-refractivity contribution in [1.82, 2.24) is 19.9 Å². The van der Waals surface area contributed by atoms with Crippen molar-refractivity contribution in [2.75, 3.05) is 14.2 Å². The van der Waals surface area contributed by atoms with Crippen LogP contribution in [0.4, 0.5) is 0 Å². The van der Waals surface area contributed by atoms with E-state index in [9.17, 15) is 0 Å². The number of thiazole rings is 1. The fraction of sp³-hybridized carbons (Fsp3) is 0.0952. The van der Waals surface area contributed by atoms with E-state index in [-0.39, 0.29) is 0 Å². The Morgan fingerprint density at radius 2 is 1.71 bits per heavy atom. The number of pyridine rings is 1. The van der Waals surface area contributed by atoms with Crippen molar-refractivity contribution in [2.24, 2.45) is 0 Å². The maximum absolute atomic E-state index is 5.40. The fourth-order valence-corrected chi connectivity index (χ4v) is 4.10. The number of rotatable bonds is 4. The Labute approximate surface area is 164 Å². The minimum absolute atomic E-state index is 0.671. The largest absolute Gasteiger partial charge is 0.493 e. The van der Waals surface area contributed by atoms with Gasteiger partial charge in [0.2, 0.25) is 0 Å². The highest BCUT2D eigenvalue weighted by molar-refractivity contribution is 7.21. The highest BCUT2D eigenvalue weighted by atomic mass is 32.1. The molecule has 5 rings (SSSR count). The molecule has 28 heavy (non-hydrogen) atoms. The number of nitrogens with one attached hydrogen (secondary N) is 1. The Morgan fingerprint density at radius 1 is 0.857 bits per heavy atom. The first-order chi connectivity index (χ1) is 13.7. The summed E-state index contributed by atoms with van der Waals surface area (Å²) in [4.78, 5) is 17.0. The van der Waals surface area contributed by atoms with E-state index in [4.69, 9.17) is 19.4 Å². The van der Waals surface area contributed by atoms with Gasteiger partial charge in [-0.25, -0.2) is 9.97 Å². The Hall–Kier alpha value is -3.45. The molecule has 3 heterocycles. The molecular formula is C21H16N4O2S. The fourth-order valence-electron chi connectivity index (χ4n) is 3.17. The number of hydrogen-bond acceptors (Lipinski definition) is 6. The molecule has 0 saturated carbocycles. The van der Waals surface area contributed by atoms with E-state index in [0.717, 1.165) is 43.2 Å². The highest BCUT2D eigenvalue weighted by Crippen LogP contribution is 2.34. The van der Waals surface area contributed by atoms with Gasteiger partial charge in [-0.2, -0.15) is 0 Å². The molecule has 0 aliphatic carbocycles. The Bertz CT molecular complexity index is 1280. The molecule has 7 heteroatoms. The van der Waals surface area contributed by atoms with Gasteiger partial charge in [0.05, 0.1) is 35.5 Å². The smallest absolute Gasteiger partial charge is 0.161 e. The van der Waals surface area contributed by atoms with Crippen molar-refractivity contribution in [3.63, 3.8) is 0 Å². The average molecular weight is 388 g/mol. The molecule has 5 aromatic rings. The normalized spacial score (nSPS) is 11.2. The molecule has 0 aliphatic heterocycles. The number of fused-ring (bicyclic) bond motifs is 2. The third-order valence-corrected chi connectivity index (χ3v) is 5.63. The van der Waals surface area contributed by atoms with Gasteiger partial charge in [-0.15, -0.1) is 11.3 Å². The number of aromatic amines is 1. The molecular weight excluding hydrogens is 372 g/mol. The van der Waals surface area contributed by atoms with Crippen molar-refractivity contribution >= 4 is 32.6 Å². The summed E-state index contributed by atoms with van der Waals surface area (Å²) >= 11 is 1.63. The van der Waals surface area contributed by atoms with Crippen LogP contribution in [0.2, 0.25) is 0 Å². The summed E-state index contributed by atoms with van der Waals surface area (Å²) in [6.07, 6.45) is 3.61. The second-order valence-corrected chi connectivity index (χ2v) is 7.28. The van der Waals surface area contributed by atoms with Crippen molar-refractivity contribution in [3.05, 3.63) is 54.9 Å². The van der Waals surface area contributed by atoms with E-state index in [0.29, 0.717) is 11.5 Å². The molecule has 3 aromatic heterocycles. The van der Waals surface area contributed by atoms with Gasteiger partial charge in [-0.3, -0.25) is 4.98 Å². The monoisotopic (exact) mass is 388 g/mol. The zero-order valence-electron chi connectivity index (χ0n) is 15.3. The lowest BCUT2D eigenvalue weighted by Gasteiger charge is -2.08. The summed E-state index contributed by atoms with van der Waals surface area (Å²) in [5.41, 5.74) is 4.80. The molecule has 138 valence electrons. The van der Waals surface area contributed by atoms with Gasteiger partial charge in [0, 0.05) is 23.5 Å². The molecule has 0 radical (unpaired) electrons. The summed E-state index contributed by atoms with van der Waals surface area (Å²) in [5.74, 6) is 2.14. The minimum atomic E-state index is 0.671. The van der Waals surface area contributed by atoms with Gasteiger partial charge in [0.25, 0.3) is 0 Å². The van der Waals surface area contributed by atoms with Crippen LogP contribution in [0.5, 0.6) is 11.5 Å². The lowest BCUT2D eigenvalue weighted by Crippen LogP contribution is -1.91. The molecule has 0 aliphatic rings. The highest BCUT2D eigenvalue weighted by Gasteiger charge is 2.12. The van der Waals surface area contributed by atoms with Gasteiger partial charge < -0.3 is 14.5 Å². The van der Waals surface area contributed by atoms with E-state index < -0.39 is 0 Å². The molecule has 0 amide bonds. The van der Waals surface area contributed by atoms with Gasteiger partial charge in [0.1, 0.15) is 10.8 Å². The minimum Gasteiger partial charge on any atom is -0.493 e. The predicted molar refractivity (Wildman–Crippen MR) is 111 cm³/mol. The van der Waals surface area contributed by atoms with Crippen molar-refractivity contribution < 1.29 is 9.47 Å². The van der Waals surface area contributed by atoms with Gasteiger partial charge in [0.15, 0.2) is 11.5 Å². The number of ether oxygens (including phenoxy) is 2. The first-order valence-electron chi connectivity index (χ1n) is 8.68. The van der Waals surface area contributed by atoms with Crippen LogP contribution in [0.1, 0.15) is 0 Å². The number of imidazole rings is 1. The average Bonchev–Trinajstić information content (AvgIpc) is 3.36. The molecule has 2 aromatic carbocycles. The first-order valence-corrected chi connectivity index (χ1v) is 9.50. The van der Waals surface area contributed by atoms with Crippen molar-refractivity contribution in [3.8, 4) is 33.5 Å². The zero-order chi connectivity index (χ0) is 19.1. The van der Waals surface area contributed by atoms with Crippen LogP contribution in [-0.4, -0.2) is 34.2 Å². The first kappa shape index (κ1) is 16.7. The Morgan fingerprint density at radius 3 is 2.54 bits per heavy atom. The van der Waals surface area contributed by atoms with E-state index >= 15 is 0 Å². The van der Waals surface area contributed by atoms with Crippen LogP contribution in [0, 0.1) is 0 Å². The second kappa shape index (κ2) is 6.61. The van der Waals surface area contributed by atoms with Crippen LogP contribution in [0.3, 0.4) is 0 Å². The summed E-state index contributed by atoms with van der Waals surface area (Å²) in [5, 5.41) is 0.965. The lowest BCUT2D eigenvalue weighted by molar-refractivity contribution is 0.355. The summed E-state index contributed by atoms with van der Waals surface area (Å²) in [6, 6.07) is 13.8. The number of aromatic nitrogens is 4. The number of benzene rings is 2. The van der Waals surface area contributed by atoms with Crippen LogP contribution in [-0.2, 0) is 0 Å². The van der Waals surface area contributed by atoms with Crippen LogP contribution < -0.4 is 9.47 Å². The Kier molecular flexibility index (Phi) is 3.95. The summed E-state index contributed by atoms with van der Waals surface area (Å²) < 4.78 is 11.8. The summed E-state index contributed by atoms with van der Waals surface area (Å²) in [6.45, 7) is 0. The third kappa shape index (κ3) is 2.76. The standard InChI is InChI=1S/C21H16N4O2S/c1-26-17-6-4-12(10-18(17)27-2)20-23-14-5-3-13(9-16(14)24-20)21-25-15-7-8-22-11-19(15)28-21/h3-11H,1-2H3,(H,23,24). The van der Waals surface area contributed by atoms with E-state index in [1.54, 1.807) is 31.8 Å². The maximum Gasteiger partial charge on any atom is 0.161 e. The topological polar surface area (TPSA) is 72.9 Å².